The summed E-state index contributed by atoms with van der Waals surface area (Å²) >= 11 is 0. The molecule has 20 heavy (non-hydrogen) atoms. The third-order valence-electron chi connectivity index (χ3n) is 2.91. The predicted octanol–water partition coefficient (Wildman–Crippen LogP) is -0.900. The van der Waals surface area contributed by atoms with E-state index >= 15 is 0 Å². The highest BCUT2D eigenvalue weighted by atomic mass is 16.3. The van der Waals surface area contributed by atoms with Gasteiger partial charge in [0.15, 0.2) is 0 Å². The largest absolute Gasteiger partial charge is 0.464 e. The standard InChI is InChI=1S/C12H14N4O4/c1-7-9(10(17)14-13)5-8(20-7)6-16-4-3-15(2)11(18)12(16)19/h3-5H,6,13H2,1-2H3,(H,14,17). The summed E-state index contributed by atoms with van der Waals surface area (Å²) in [5.41, 5.74) is 1.01. The van der Waals surface area contributed by atoms with E-state index in [-0.39, 0.29) is 6.54 Å². The molecule has 0 aliphatic heterocycles. The van der Waals surface area contributed by atoms with Gasteiger partial charge in [0, 0.05) is 19.4 Å². The van der Waals surface area contributed by atoms with Gasteiger partial charge in [-0.05, 0) is 13.0 Å². The Morgan fingerprint density at radius 2 is 2.05 bits per heavy atom. The van der Waals surface area contributed by atoms with Crippen LogP contribution in [0.4, 0.5) is 0 Å². The lowest BCUT2D eigenvalue weighted by molar-refractivity contribution is 0.0952. The third-order valence-corrected chi connectivity index (χ3v) is 2.91. The van der Waals surface area contributed by atoms with Crippen LogP contribution in [0.15, 0.2) is 32.5 Å². The summed E-state index contributed by atoms with van der Waals surface area (Å²) in [5, 5.41) is 0. The van der Waals surface area contributed by atoms with Gasteiger partial charge >= 0.3 is 11.1 Å². The van der Waals surface area contributed by atoms with Crippen molar-refractivity contribution in [3.63, 3.8) is 0 Å². The molecule has 0 saturated heterocycles. The van der Waals surface area contributed by atoms with Gasteiger partial charge in [0.2, 0.25) is 0 Å². The predicted molar refractivity (Wildman–Crippen MR) is 70.1 cm³/mol. The Morgan fingerprint density at radius 3 is 2.70 bits per heavy atom. The van der Waals surface area contributed by atoms with E-state index in [1.165, 1.54) is 34.6 Å². The van der Waals surface area contributed by atoms with E-state index in [0.29, 0.717) is 17.1 Å². The molecule has 3 N–H and O–H groups in total. The van der Waals surface area contributed by atoms with Gasteiger partial charge in [-0.2, -0.15) is 0 Å². The van der Waals surface area contributed by atoms with Crippen LogP contribution in [-0.2, 0) is 13.6 Å². The van der Waals surface area contributed by atoms with Crippen molar-refractivity contribution in [3.05, 3.63) is 56.3 Å². The molecule has 0 fully saturated rings. The zero-order valence-electron chi connectivity index (χ0n) is 11.0. The fraction of sp³-hybridized carbons (Fsp3) is 0.250. The number of hydrogen-bond donors (Lipinski definition) is 2. The minimum atomic E-state index is -0.658. The Labute approximate surface area is 113 Å². The third kappa shape index (κ3) is 2.41. The van der Waals surface area contributed by atoms with Crippen LogP contribution in [-0.4, -0.2) is 15.0 Å². The minimum Gasteiger partial charge on any atom is -0.464 e. The molecule has 0 aliphatic carbocycles. The summed E-state index contributed by atoms with van der Waals surface area (Å²) in [6, 6.07) is 1.49. The SMILES string of the molecule is Cc1oc(Cn2ccn(C)c(=O)c2=O)cc1C(=O)NN. The number of nitrogens with two attached hydrogens (primary N) is 1. The quantitative estimate of drug-likeness (QED) is 0.327. The molecule has 2 heterocycles. The van der Waals surface area contributed by atoms with Crippen molar-refractivity contribution in [1.82, 2.24) is 14.6 Å². The molecule has 0 unspecified atom stereocenters. The lowest BCUT2D eigenvalue weighted by Gasteiger charge is -2.03. The van der Waals surface area contributed by atoms with Crippen molar-refractivity contribution >= 4 is 5.91 Å². The molecule has 2 rings (SSSR count). The lowest BCUT2D eigenvalue weighted by Crippen LogP contribution is -2.39. The fourth-order valence-corrected chi connectivity index (χ4v) is 1.81. The van der Waals surface area contributed by atoms with E-state index in [2.05, 4.69) is 0 Å². The van der Waals surface area contributed by atoms with Gasteiger partial charge in [-0.15, -0.1) is 0 Å². The molecule has 0 atom stereocenters. The monoisotopic (exact) mass is 278 g/mol. The van der Waals surface area contributed by atoms with E-state index in [1.54, 1.807) is 6.92 Å². The van der Waals surface area contributed by atoms with Gasteiger partial charge in [0.25, 0.3) is 5.91 Å². The van der Waals surface area contributed by atoms with Crippen molar-refractivity contribution in [2.24, 2.45) is 12.9 Å². The van der Waals surface area contributed by atoms with Crippen LogP contribution >= 0.6 is 0 Å². The van der Waals surface area contributed by atoms with Crippen molar-refractivity contribution in [1.29, 1.82) is 0 Å². The first-order valence-electron chi connectivity index (χ1n) is 5.80. The maximum atomic E-state index is 11.8. The number of nitrogens with zero attached hydrogens (tertiary/aromatic N) is 2. The molecule has 0 aliphatic rings. The van der Waals surface area contributed by atoms with Crippen LogP contribution in [0.1, 0.15) is 21.9 Å². The smallest absolute Gasteiger partial charge is 0.316 e. The molecule has 0 bridgehead atoms. The normalized spacial score (nSPS) is 10.6. The number of furan rings is 1. The van der Waals surface area contributed by atoms with E-state index in [0.717, 1.165) is 0 Å². The zero-order chi connectivity index (χ0) is 14.9. The number of nitrogens with one attached hydrogen (secondary N) is 1. The highest BCUT2D eigenvalue weighted by molar-refractivity contribution is 5.94. The second-order valence-electron chi connectivity index (χ2n) is 4.30. The molecular formula is C12H14N4O4. The number of aryl methyl sites for hydroxylation is 2. The van der Waals surface area contributed by atoms with Crippen molar-refractivity contribution in [2.45, 2.75) is 13.5 Å². The Hall–Kier alpha value is -2.61. The minimum absolute atomic E-state index is 0.0631. The van der Waals surface area contributed by atoms with Gasteiger partial charge in [-0.1, -0.05) is 0 Å². The number of hydrazine groups is 1. The summed E-state index contributed by atoms with van der Waals surface area (Å²) < 4.78 is 7.79. The number of aromatic nitrogens is 2. The summed E-state index contributed by atoms with van der Waals surface area (Å²) in [5.74, 6) is 5.35. The number of amides is 1. The average Bonchev–Trinajstić information content (AvgIpc) is 2.79. The van der Waals surface area contributed by atoms with Crippen molar-refractivity contribution in [2.75, 3.05) is 0 Å². The summed E-state index contributed by atoms with van der Waals surface area (Å²) in [7, 11) is 1.49. The van der Waals surface area contributed by atoms with Crippen LogP contribution < -0.4 is 22.4 Å². The van der Waals surface area contributed by atoms with E-state index in [9.17, 15) is 14.4 Å². The summed E-state index contributed by atoms with van der Waals surface area (Å²) in [6.45, 7) is 1.68. The number of carbonyl (C=O) groups is 1. The Bertz CT molecular complexity index is 768. The van der Waals surface area contributed by atoms with Gasteiger partial charge < -0.3 is 13.6 Å². The molecule has 0 saturated carbocycles. The molecule has 0 aromatic carbocycles. The first kappa shape index (κ1) is 13.8. The summed E-state index contributed by atoms with van der Waals surface area (Å²) in [6.07, 6.45) is 2.96. The summed E-state index contributed by atoms with van der Waals surface area (Å²) in [4.78, 5) is 34.7. The first-order valence-corrected chi connectivity index (χ1v) is 5.80. The zero-order valence-corrected chi connectivity index (χ0v) is 11.0. The highest BCUT2D eigenvalue weighted by Crippen LogP contribution is 2.14. The number of rotatable bonds is 3. The van der Waals surface area contributed by atoms with E-state index in [1.807, 2.05) is 5.43 Å². The molecule has 8 nitrogen and oxygen atoms in total. The molecule has 2 aromatic heterocycles. The molecule has 8 heteroatoms. The second kappa shape index (κ2) is 5.17. The van der Waals surface area contributed by atoms with Crippen molar-refractivity contribution in [3.8, 4) is 0 Å². The molecule has 0 spiro atoms. The van der Waals surface area contributed by atoms with Crippen LogP contribution in [0.25, 0.3) is 0 Å². The van der Waals surface area contributed by atoms with Crippen molar-refractivity contribution < 1.29 is 9.21 Å². The van der Waals surface area contributed by atoms with Crippen LogP contribution in [0.2, 0.25) is 0 Å². The lowest BCUT2D eigenvalue weighted by atomic mass is 10.2. The van der Waals surface area contributed by atoms with Crippen LogP contribution in [0.5, 0.6) is 0 Å². The number of hydrogen-bond acceptors (Lipinski definition) is 5. The van der Waals surface area contributed by atoms with E-state index in [4.69, 9.17) is 10.3 Å². The Kier molecular flexibility index (Phi) is 3.57. The molecule has 2 aromatic rings. The maximum absolute atomic E-state index is 11.8. The highest BCUT2D eigenvalue weighted by Gasteiger charge is 2.14. The molecule has 1 amide bonds. The second-order valence-corrected chi connectivity index (χ2v) is 4.30. The van der Waals surface area contributed by atoms with Gasteiger partial charge in [-0.3, -0.25) is 19.8 Å². The van der Waals surface area contributed by atoms with Gasteiger partial charge in [-0.25, -0.2) is 5.84 Å². The molecular weight excluding hydrogens is 264 g/mol. The van der Waals surface area contributed by atoms with Crippen LogP contribution in [0.3, 0.4) is 0 Å². The molecule has 106 valence electrons. The Morgan fingerprint density at radius 1 is 1.35 bits per heavy atom. The Balaban J connectivity index is 2.37. The average molecular weight is 278 g/mol. The fourth-order valence-electron chi connectivity index (χ4n) is 1.81. The number of carbonyl (C=O) groups excluding carboxylic acids is 1. The van der Waals surface area contributed by atoms with Gasteiger partial charge in [0.1, 0.15) is 11.5 Å². The number of nitrogen functional groups attached to an aromatic ring is 1. The van der Waals surface area contributed by atoms with E-state index < -0.39 is 17.0 Å². The first-order chi connectivity index (χ1) is 9.43. The topological polar surface area (TPSA) is 112 Å². The maximum Gasteiger partial charge on any atom is 0.316 e. The van der Waals surface area contributed by atoms with Gasteiger partial charge in [0.05, 0.1) is 12.1 Å². The molecule has 0 radical (unpaired) electrons. The van der Waals surface area contributed by atoms with Crippen LogP contribution in [0, 0.1) is 6.92 Å².